The Kier molecular flexibility index (Phi) is 9.07. The number of hydrogen-bond donors (Lipinski definition) is 0. The first-order valence-electron chi connectivity index (χ1n) is 8.45. The van der Waals surface area contributed by atoms with Crippen LogP contribution in [0, 0.1) is 0 Å². The zero-order chi connectivity index (χ0) is 17.0. The average Bonchev–Trinajstić information content (AvgIpc) is 2.23. The van der Waals surface area contributed by atoms with Gasteiger partial charge in [-0.25, -0.2) is 0 Å². The molecule has 3 nitrogen and oxygen atoms in total. The Morgan fingerprint density at radius 3 is 1.19 bits per heavy atom. The lowest BCUT2D eigenvalue weighted by Gasteiger charge is -2.58. The molecule has 2 radical (unpaired) electrons. The van der Waals surface area contributed by atoms with Crippen molar-refractivity contribution in [3.8, 4) is 0 Å². The van der Waals surface area contributed by atoms with E-state index in [1.807, 2.05) is 0 Å². The molecule has 0 fully saturated rings. The first-order chi connectivity index (χ1) is 9.45. The van der Waals surface area contributed by atoms with Crippen LogP contribution in [0.4, 0.5) is 0 Å². The van der Waals surface area contributed by atoms with Crippen molar-refractivity contribution in [1.29, 1.82) is 0 Å². The van der Waals surface area contributed by atoms with Gasteiger partial charge in [-0.15, -0.1) is 0 Å². The average molecular weight is 311 g/mol. The molecule has 0 aromatic rings. The largest absolute Gasteiger partial charge is 0.309 e. The molecule has 21 heavy (non-hydrogen) atoms. The van der Waals surface area contributed by atoms with Crippen LogP contribution in [-0.2, 0) is 0 Å². The van der Waals surface area contributed by atoms with Gasteiger partial charge in [-0.3, -0.25) is 9.80 Å². The summed E-state index contributed by atoms with van der Waals surface area (Å²) in [5.41, 5.74) is 0. The summed E-state index contributed by atoms with van der Waals surface area (Å²) in [7, 11) is 4.32. The van der Waals surface area contributed by atoms with E-state index >= 15 is 0 Å². The fraction of sp³-hybridized carbons (Fsp3) is 1.00. The van der Waals surface area contributed by atoms with E-state index in [1.54, 1.807) is 0 Å². The highest BCUT2D eigenvalue weighted by atomic mass is 27.0. The van der Waals surface area contributed by atoms with Crippen molar-refractivity contribution < 1.29 is 0 Å². The van der Waals surface area contributed by atoms with Gasteiger partial charge in [-0.1, -0.05) is 0 Å². The quantitative estimate of drug-likeness (QED) is 0.479. The van der Waals surface area contributed by atoms with E-state index in [2.05, 4.69) is 100 Å². The molecular weight excluding hydrogens is 273 g/mol. The lowest BCUT2D eigenvalue weighted by Crippen LogP contribution is -2.69. The molecular formula is C17H38AlN3. The molecule has 0 atom stereocenters. The van der Waals surface area contributed by atoms with Gasteiger partial charge in [-0.2, -0.15) is 0 Å². The van der Waals surface area contributed by atoms with E-state index in [0.717, 1.165) is 13.0 Å². The second kappa shape index (κ2) is 8.89. The first kappa shape index (κ1) is 21.4. The van der Waals surface area contributed by atoms with E-state index < -0.39 is 0 Å². The van der Waals surface area contributed by atoms with Crippen LogP contribution in [0.15, 0.2) is 0 Å². The van der Waals surface area contributed by atoms with Crippen molar-refractivity contribution in [2.24, 2.45) is 0 Å². The van der Waals surface area contributed by atoms with Crippen molar-refractivity contribution in [3.63, 3.8) is 0 Å². The van der Waals surface area contributed by atoms with E-state index in [4.69, 9.17) is 0 Å². The predicted octanol–water partition coefficient (Wildman–Crippen LogP) is 3.00. The molecule has 0 aromatic carbocycles. The fourth-order valence-electron chi connectivity index (χ4n) is 3.76. The third-order valence-electron chi connectivity index (χ3n) is 4.05. The zero-order valence-electron chi connectivity index (χ0n) is 16.1. The zero-order valence-corrected chi connectivity index (χ0v) is 17.3. The van der Waals surface area contributed by atoms with Crippen LogP contribution in [-0.4, -0.2) is 80.3 Å². The summed E-state index contributed by atoms with van der Waals surface area (Å²) in [4.78, 5) is 7.60. The van der Waals surface area contributed by atoms with E-state index in [-0.39, 0.29) is 4.52 Å². The van der Waals surface area contributed by atoms with Gasteiger partial charge >= 0.3 is 0 Å². The van der Waals surface area contributed by atoms with Gasteiger partial charge in [0.1, 0.15) is 0 Å². The Morgan fingerprint density at radius 2 is 1.00 bits per heavy atom. The van der Waals surface area contributed by atoms with Crippen LogP contribution >= 0.6 is 0 Å². The normalized spacial score (nSPS) is 14.0. The molecule has 0 bridgehead atoms. The van der Waals surface area contributed by atoms with Crippen molar-refractivity contribution in [3.05, 3.63) is 0 Å². The van der Waals surface area contributed by atoms with Crippen molar-refractivity contribution in [1.82, 2.24) is 14.7 Å². The Morgan fingerprint density at radius 1 is 0.714 bits per heavy atom. The van der Waals surface area contributed by atoms with Crippen LogP contribution in [0.2, 0.25) is 0 Å². The monoisotopic (exact) mass is 311 g/mol. The van der Waals surface area contributed by atoms with E-state index in [0.29, 0.717) is 24.2 Å². The molecule has 0 aliphatic rings. The summed E-state index contributed by atoms with van der Waals surface area (Å²) >= 11 is 3.21. The maximum atomic E-state index is 3.21. The summed E-state index contributed by atoms with van der Waals surface area (Å²) in [5, 5.41) is 0. The summed E-state index contributed by atoms with van der Waals surface area (Å²) < 4.78 is -0.00502. The van der Waals surface area contributed by atoms with Gasteiger partial charge in [0.2, 0.25) is 0 Å². The lowest BCUT2D eigenvalue weighted by atomic mass is 10.1. The van der Waals surface area contributed by atoms with E-state index in [9.17, 15) is 0 Å². The van der Waals surface area contributed by atoms with Crippen LogP contribution in [0.25, 0.3) is 0 Å². The minimum Gasteiger partial charge on any atom is -0.309 e. The van der Waals surface area contributed by atoms with Gasteiger partial charge in [0.25, 0.3) is 0 Å². The summed E-state index contributed by atoms with van der Waals surface area (Å²) in [5.74, 6) is 0. The molecule has 0 spiro atoms. The van der Waals surface area contributed by atoms with Crippen molar-refractivity contribution in [2.45, 2.75) is 90.5 Å². The first-order valence-corrected chi connectivity index (χ1v) is 9.03. The topological polar surface area (TPSA) is 9.72 Å². The molecule has 4 heteroatoms. The molecule has 0 aliphatic carbocycles. The van der Waals surface area contributed by atoms with Gasteiger partial charge < -0.3 is 4.90 Å². The standard InChI is InChI=1S/C17H38N3.Al/c1-13(2)19(14(3)4)17(11-12-18(9)10)20(15(5)6)16(7)8;/h13-16H,11-12H2,1-10H3;. The highest BCUT2D eigenvalue weighted by Gasteiger charge is 2.40. The maximum absolute atomic E-state index is 3.21. The summed E-state index contributed by atoms with van der Waals surface area (Å²) in [6.45, 7) is 19.6. The number of rotatable bonds is 9. The smallest absolute Gasteiger partial charge is 0.182 e. The number of hydrogen-bond acceptors (Lipinski definition) is 3. The summed E-state index contributed by atoms with van der Waals surface area (Å²) in [6.07, 6.45) is 1.12. The molecule has 0 N–H and O–H groups in total. The Bertz CT molecular complexity index is 252. The predicted molar refractivity (Wildman–Crippen MR) is 95.9 cm³/mol. The van der Waals surface area contributed by atoms with Gasteiger partial charge in [-0.05, 0) is 87.0 Å². The summed E-state index contributed by atoms with van der Waals surface area (Å²) in [6, 6.07) is 2.07. The molecule has 0 saturated carbocycles. The second-order valence-electron chi connectivity index (χ2n) is 7.62. The SMILES string of the molecule is CC(C)N(C(C)C)[C]([Al])(CCN(C)C)N(C(C)C)C(C)C. The van der Waals surface area contributed by atoms with Crippen LogP contribution in [0.5, 0.6) is 0 Å². The minimum absolute atomic E-state index is 0.00502. The van der Waals surface area contributed by atoms with Gasteiger partial charge in [0, 0.05) is 24.2 Å². The Labute approximate surface area is 142 Å². The third-order valence-corrected chi connectivity index (χ3v) is 4.93. The molecule has 124 valence electrons. The minimum atomic E-state index is -0.00502. The molecule has 0 unspecified atom stereocenters. The molecule has 0 saturated heterocycles. The molecule has 0 amide bonds. The highest BCUT2D eigenvalue weighted by Crippen LogP contribution is 2.30. The Hall–Kier alpha value is 0.412. The van der Waals surface area contributed by atoms with Crippen LogP contribution < -0.4 is 0 Å². The second-order valence-corrected chi connectivity index (χ2v) is 8.55. The molecule has 0 aliphatic heterocycles. The van der Waals surface area contributed by atoms with Crippen LogP contribution in [0.1, 0.15) is 61.8 Å². The van der Waals surface area contributed by atoms with Gasteiger partial charge in [0.05, 0.1) is 0 Å². The molecule has 0 rings (SSSR count). The fourth-order valence-corrected chi connectivity index (χ4v) is 5.08. The van der Waals surface area contributed by atoms with Crippen molar-refractivity contribution in [2.75, 3.05) is 20.6 Å². The lowest BCUT2D eigenvalue weighted by molar-refractivity contribution is -0.0733. The highest BCUT2D eigenvalue weighted by molar-refractivity contribution is 6.15. The Balaban J connectivity index is 5.71. The van der Waals surface area contributed by atoms with Crippen LogP contribution in [0.3, 0.4) is 0 Å². The van der Waals surface area contributed by atoms with E-state index in [1.165, 1.54) is 0 Å². The maximum Gasteiger partial charge on any atom is 0.182 e. The van der Waals surface area contributed by atoms with Gasteiger partial charge in [0.15, 0.2) is 16.3 Å². The number of nitrogens with zero attached hydrogens (tertiary/aromatic N) is 3. The molecule has 0 heterocycles. The van der Waals surface area contributed by atoms with Crippen molar-refractivity contribution >= 4 is 16.3 Å². The third kappa shape index (κ3) is 5.84. The molecule has 0 aromatic heterocycles.